The van der Waals surface area contributed by atoms with E-state index < -0.39 is 5.60 Å². The van der Waals surface area contributed by atoms with Crippen LogP contribution >= 0.6 is 0 Å². The Hall–Kier alpha value is -0.610. The molecule has 0 saturated heterocycles. The summed E-state index contributed by atoms with van der Waals surface area (Å²) in [5, 5.41) is 8.51. The van der Waals surface area contributed by atoms with Crippen molar-refractivity contribution >= 4 is 5.97 Å². The molecule has 4 nitrogen and oxygen atoms in total. The van der Waals surface area contributed by atoms with Crippen LogP contribution in [0.15, 0.2) is 0 Å². The molecule has 0 spiro atoms. The van der Waals surface area contributed by atoms with Crippen molar-refractivity contribution in [2.75, 3.05) is 19.8 Å². The number of ether oxygens (including phenoxy) is 2. The maximum absolute atomic E-state index is 11.3. The molecule has 0 aromatic heterocycles. The highest BCUT2D eigenvalue weighted by Gasteiger charge is 2.15. The highest BCUT2D eigenvalue weighted by atomic mass is 16.6. The molecule has 0 aliphatic heterocycles. The van der Waals surface area contributed by atoms with Gasteiger partial charge in [0, 0.05) is 26.2 Å². The van der Waals surface area contributed by atoms with Gasteiger partial charge in [-0.15, -0.1) is 0 Å². The minimum atomic E-state index is -0.394. The summed E-state index contributed by atoms with van der Waals surface area (Å²) in [7, 11) is 0. The van der Waals surface area contributed by atoms with Gasteiger partial charge in [0.05, 0.1) is 0 Å². The maximum atomic E-state index is 11.3. The Balaban J connectivity index is 3.28. The molecular formula is C12H24O4. The first-order chi connectivity index (χ1) is 7.45. The van der Waals surface area contributed by atoms with Crippen LogP contribution < -0.4 is 0 Å². The van der Waals surface area contributed by atoms with Gasteiger partial charge < -0.3 is 14.6 Å². The zero-order valence-electron chi connectivity index (χ0n) is 10.6. The fraction of sp³-hybridized carbons (Fsp3) is 0.917. The molecule has 4 heteroatoms. The number of esters is 1. The zero-order valence-corrected chi connectivity index (χ0v) is 10.6. The molecule has 0 bridgehead atoms. The van der Waals surface area contributed by atoms with E-state index in [1.54, 1.807) is 0 Å². The second kappa shape index (κ2) is 8.53. The summed E-state index contributed by atoms with van der Waals surface area (Å²) in [6.45, 7) is 6.98. The van der Waals surface area contributed by atoms with Crippen LogP contribution in [-0.2, 0) is 14.3 Å². The van der Waals surface area contributed by atoms with Crippen LogP contribution in [0, 0.1) is 0 Å². The summed E-state index contributed by atoms with van der Waals surface area (Å²) in [5.41, 5.74) is -0.394. The Morgan fingerprint density at radius 3 is 2.31 bits per heavy atom. The van der Waals surface area contributed by atoms with E-state index in [2.05, 4.69) is 0 Å². The Morgan fingerprint density at radius 1 is 1.12 bits per heavy atom. The lowest BCUT2D eigenvalue weighted by atomic mass is 10.2. The molecule has 0 atom stereocenters. The monoisotopic (exact) mass is 232 g/mol. The van der Waals surface area contributed by atoms with Gasteiger partial charge in [0.15, 0.2) is 0 Å². The largest absolute Gasteiger partial charge is 0.460 e. The second-order valence-electron chi connectivity index (χ2n) is 4.73. The number of unbranched alkanes of at least 4 members (excludes halogenated alkanes) is 1. The van der Waals surface area contributed by atoms with E-state index in [9.17, 15) is 4.79 Å². The van der Waals surface area contributed by atoms with Crippen molar-refractivity contribution in [3.05, 3.63) is 0 Å². The highest BCUT2D eigenvalue weighted by molar-refractivity contribution is 5.69. The Labute approximate surface area is 97.9 Å². The smallest absolute Gasteiger partial charge is 0.306 e. The van der Waals surface area contributed by atoms with Crippen LogP contribution in [0.4, 0.5) is 0 Å². The van der Waals surface area contributed by atoms with E-state index >= 15 is 0 Å². The molecular weight excluding hydrogens is 208 g/mol. The third kappa shape index (κ3) is 11.5. The SMILES string of the molecule is CC(C)(C)OC(=O)CCCCOCCCO. The number of hydrogen-bond donors (Lipinski definition) is 1. The third-order valence-electron chi connectivity index (χ3n) is 1.79. The van der Waals surface area contributed by atoms with E-state index in [4.69, 9.17) is 14.6 Å². The molecule has 0 heterocycles. The minimum absolute atomic E-state index is 0.150. The molecule has 96 valence electrons. The average Bonchev–Trinajstić information content (AvgIpc) is 2.13. The third-order valence-corrected chi connectivity index (χ3v) is 1.79. The number of carbonyl (C=O) groups is 1. The molecule has 0 unspecified atom stereocenters. The molecule has 0 fully saturated rings. The fourth-order valence-corrected chi connectivity index (χ4v) is 1.13. The first-order valence-electron chi connectivity index (χ1n) is 5.86. The summed E-state index contributed by atoms with van der Waals surface area (Å²) in [6, 6.07) is 0. The molecule has 0 radical (unpaired) electrons. The van der Waals surface area contributed by atoms with Crippen molar-refractivity contribution in [2.24, 2.45) is 0 Å². The summed E-state index contributed by atoms with van der Waals surface area (Å²) in [5.74, 6) is -0.150. The van der Waals surface area contributed by atoms with Crippen LogP contribution in [0.25, 0.3) is 0 Å². The second-order valence-corrected chi connectivity index (χ2v) is 4.73. The molecule has 0 aromatic carbocycles. The van der Waals surface area contributed by atoms with E-state index in [-0.39, 0.29) is 12.6 Å². The zero-order chi connectivity index (χ0) is 12.4. The van der Waals surface area contributed by atoms with Crippen LogP contribution in [0.3, 0.4) is 0 Å². The van der Waals surface area contributed by atoms with Gasteiger partial charge >= 0.3 is 5.97 Å². The van der Waals surface area contributed by atoms with Crippen molar-refractivity contribution in [3.8, 4) is 0 Å². The quantitative estimate of drug-likeness (QED) is 0.513. The van der Waals surface area contributed by atoms with Gasteiger partial charge in [0.1, 0.15) is 5.60 Å². The van der Waals surface area contributed by atoms with Gasteiger partial charge in [-0.25, -0.2) is 0 Å². The molecule has 0 aliphatic rings. The van der Waals surface area contributed by atoms with E-state index in [0.717, 1.165) is 12.8 Å². The first kappa shape index (κ1) is 15.4. The van der Waals surface area contributed by atoms with Gasteiger partial charge in [-0.3, -0.25) is 4.79 Å². The van der Waals surface area contributed by atoms with E-state index in [0.29, 0.717) is 26.1 Å². The van der Waals surface area contributed by atoms with Gasteiger partial charge in [-0.05, 0) is 40.0 Å². The Bertz CT molecular complexity index is 184. The number of carbonyl (C=O) groups excluding carboxylic acids is 1. The molecule has 0 amide bonds. The van der Waals surface area contributed by atoms with Crippen LogP contribution in [-0.4, -0.2) is 36.5 Å². The molecule has 0 aromatic rings. The predicted molar refractivity (Wildman–Crippen MR) is 62.2 cm³/mol. The molecule has 0 saturated carbocycles. The van der Waals surface area contributed by atoms with Gasteiger partial charge in [0.25, 0.3) is 0 Å². The van der Waals surface area contributed by atoms with Crippen molar-refractivity contribution in [1.29, 1.82) is 0 Å². The highest BCUT2D eigenvalue weighted by Crippen LogP contribution is 2.09. The number of aliphatic hydroxyl groups is 1. The minimum Gasteiger partial charge on any atom is -0.460 e. The van der Waals surface area contributed by atoms with Crippen LogP contribution in [0.1, 0.15) is 46.5 Å². The number of hydrogen-bond acceptors (Lipinski definition) is 4. The standard InChI is InChI=1S/C12H24O4/c1-12(2,3)16-11(14)7-4-5-9-15-10-6-8-13/h13H,4-10H2,1-3H3. The first-order valence-corrected chi connectivity index (χ1v) is 5.86. The lowest BCUT2D eigenvalue weighted by Gasteiger charge is -2.19. The molecule has 0 aliphatic carbocycles. The topological polar surface area (TPSA) is 55.8 Å². The van der Waals surface area contributed by atoms with Crippen molar-refractivity contribution < 1.29 is 19.4 Å². The summed E-state index contributed by atoms with van der Waals surface area (Å²) >= 11 is 0. The Kier molecular flexibility index (Phi) is 8.21. The van der Waals surface area contributed by atoms with Crippen LogP contribution in [0.2, 0.25) is 0 Å². The number of rotatable bonds is 8. The molecule has 1 N–H and O–H groups in total. The van der Waals surface area contributed by atoms with Crippen molar-refractivity contribution in [2.45, 2.75) is 52.1 Å². The molecule has 16 heavy (non-hydrogen) atoms. The summed E-state index contributed by atoms with van der Waals surface area (Å²) < 4.78 is 10.4. The van der Waals surface area contributed by atoms with Gasteiger partial charge in [0.2, 0.25) is 0 Å². The van der Waals surface area contributed by atoms with Crippen LogP contribution in [0.5, 0.6) is 0 Å². The molecule has 0 rings (SSSR count). The lowest BCUT2D eigenvalue weighted by molar-refractivity contribution is -0.154. The van der Waals surface area contributed by atoms with Crippen molar-refractivity contribution in [3.63, 3.8) is 0 Å². The summed E-state index contributed by atoms with van der Waals surface area (Å²) in [6.07, 6.45) is 2.76. The maximum Gasteiger partial charge on any atom is 0.306 e. The average molecular weight is 232 g/mol. The van der Waals surface area contributed by atoms with Gasteiger partial charge in [-0.2, -0.15) is 0 Å². The van der Waals surface area contributed by atoms with Gasteiger partial charge in [-0.1, -0.05) is 0 Å². The Morgan fingerprint density at radius 2 is 1.75 bits per heavy atom. The van der Waals surface area contributed by atoms with E-state index in [1.165, 1.54) is 0 Å². The predicted octanol–water partition coefficient (Wildman–Crippen LogP) is 1.90. The fourth-order valence-electron chi connectivity index (χ4n) is 1.13. The normalized spacial score (nSPS) is 11.5. The number of aliphatic hydroxyl groups excluding tert-OH is 1. The lowest BCUT2D eigenvalue weighted by Crippen LogP contribution is -2.23. The van der Waals surface area contributed by atoms with E-state index in [1.807, 2.05) is 20.8 Å². The summed E-state index contributed by atoms with van der Waals surface area (Å²) in [4.78, 5) is 11.3. The van der Waals surface area contributed by atoms with Crippen molar-refractivity contribution in [1.82, 2.24) is 0 Å².